The first-order valence-corrected chi connectivity index (χ1v) is 5.57. The molecule has 0 aliphatic rings. The lowest BCUT2D eigenvalue weighted by atomic mass is 10.3. The number of hydrogen-bond acceptors (Lipinski definition) is 7. The molecule has 2 N–H and O–H groups in total. The highest BCUT2D eigenvalue weighted by atomic mass is 16.5. The molecule has 0 aliphatic heterocycles. The molecule has 8 heteroatoms. The second-order valence-electron chi connectivity index (χ2n) is 3.38. The number of benzene rings is 1. The standard InChI is InChI=1S/C12H12N4O4/c1-2-20-12(19)15-11(18)7-14-16(8-13)9-3-5-10(17)6-4-9/h3-7,17H,2H2,1H3,(H,15,18,19). The van der Waals surface area contributed by atoms with Gasteiger partial charge in [-0.05, 0) is 31.2 Å². The van der Waals surface area contributed by atoms with Crippen LogP contribution in [0.25, 0.3) is 0 Å². The van der Waals surface area contributed by atoms with Crippen LogP contribution in [-0.2, 0) is 9.53 Å². The van der Waals surface area contributed by atoms with Crippen LogP contribution in [0.4, 0.5) is 10.5 Å². The van der Waals surface area contributed by atoms with E-state index in [1.54, 1.807) is 13.1 Å². The van der Waals surface area contributed by atoms with Crippen LogP contribution in [-0.4, -0.2) is 29.9 Å². The maximum Gasteiger partial charge on any atom is 0.414 e. The molecular weight excluding hydrogens is 264 g/mol. The fourth-order valence-corrected chi connectivity index (χ4v) is 1.15. The van der Waals surface area contributed by atoms with E-state index in [9.17, 15) is 9.59 Å². The molecule has 0 unspecified atom stereocenters. The van der Waals surface area contributed by atoms with E-state index in [1.165, 1.54) is 24.3 Å². The number of phenols is 1. The van der Waals surface area contributed by atoms with E-state index in [0.717, 1.165) is 11.2 Å². The van der Waals surface area contributed by atoms with Crippen molar-refractivity contribution in [3.63, 3.8) is 0 Å². The summed E-state index contributed by atoms with van der Waals surface area (Å²) in [5.41, 5.74) is 0.352. The molecule has 0 fully saturated rings. The molecule has 0 saturated carbocycles. The minimum atomic E-state index is -0.892. The lowest BCUT2D eigenvalue weighted by Gasteiger charge is -2.08. The Hall–Kier alpha value is -3.08. The highest BCUT2D eigenvalue weighted by Gasteiger charge is 2.07. The lowest BCUT2D eigenvalue weighted by molar-refractivity contribution is -0.113. The minimum Gasteiger partial charge on any atom is -0.508 e. The third-order valence-electron chi connectivity index (χ3n) is 1.98. The molecule has 20 heavy (non-hydrogen) atoms. The second kappa shape index (κ2) is 7.38. The topological polar surface area (TPSA) is 115 Å². The number of aromatic hydroxyl groups is 1. The van der Waals surface area contributed by atoms with Gasteiger partial charge in [0.25, 0.3) is 5.91 Å². The van der Waals surface area contributed by atoms with E-state index in [1.807, 2.05) is 5.32 Å². The summed E-state index contributed by atoms with van der Waals surface area (Å²) in [7, 11) is 0. The normalized spacial score (nSPS) is 9.80. The first-order chi connectivity index (χ1) is 9.56. The number of carbonyl (C=O) groups is 2. The van der Waals surface area contributed by atoms with Gasteiger partial charge < -0.3 is 9.84 Å². The Kier molecular flexibility index (Phi) is 5.52. The third kappa shape index (κ3) is 4.66. The van der Waals surface area contributed by atoms with Gasteiger partial charge in [0.1, 0.15) is 12.0 Å². The monoisotopic (exact) mass is 276 g/mol. The van der Waals surface area contributed by atoms with Crippen molar-refractivity contribution in [2.45, 2.75) is 6.92 Å². The predicted octanol–water partition coefficient (Wildman–Crippen LogP) is 0.938. The van der Waals surface area contributed by atoms with Crippen molar-refractivity contribution in [1.82, 2.24) is 5.32 Å². The molecule has 0 spiro atoms. The zero-order valence-corrected chi connectivity index (χ0v) is 10.6. The highest BCUT2D eigenvalue weighted by Crippen LogP contribution is 2.17. The Bertz CT molecular complexity index is 548. The summed E-state index contributed by atoms with van der Waals surface area (Å²) in [5, 5.41) is 24.4. The summed E-state index contributed by atoms with van der Waals surface area (Å²) in [4.78, 5) is 22.2. The summed E-state index contributed by atoms with van der Waals surface area (Å²) in [5.74, 6) is -0.779. The average molecular weight is 276 g/mol. The number of rotatable bonds is 4. The Morgan fingerprint density at radius 1 is 1.50 bits per heavy atom. The molecule has 0 bridgehead atoms. The Labute approximate surface area is 114 Å². The van der Waals surface area contributed by atoms with E-state index < -0.39 is 12.0 Å². The van der Waals surface area contributed by atoms with Crippen molar-refractivity contribution >= 4 is 23.9 Å². The van der Waals surface area contributed by atoms with Gasteiger partial charge in [0.2, 0.25) is 6.19 Å². The van der Waals surface area contributed by atoms with Crippen LogP contribution in [0.15, 0.2) is 29.4 Å². The first-order valence-electron chi connectivity index (χ1n) is 5.57. The van der Waals surface area contributed by atoms with Gasteiger partial charge >= 0.3 is 6.09 Å². The van der Waals surface area contributed by atoms with Crippen LogP contribution in [0.5, 0.6) is 5.75 Å². The van der Waals surface area contributed by atoms with Crippen LogP contribution in [0.2, 0.25) is 0 Å². The summed E-state index contributed by atoms with van der Waals surface area (Å²) in [6.45, 7) is 1.73. The summed E-state index contributed by atoms with van der Waals surface area (Å²) < 4.78 is 4.50. The number of nitrogens with zero attached hydrogens (tertiary/aromatic N) is 3. The molecule has 0 saturated heterocycles. The van der Waals surface area contributed by atoms with Crippen molar-refractivity contribution in [3.8, 4) is 11.9 Å². The van der Waals surface area contributed by atoms with E-state index in [4.69, 9.17) is 10.4 Å². The van der Waals surface area contributed by atoms with Crippen molar-refractivity contribution in [2.24, 2.45) is 5.10 Å². The number of imide groups is 1. The van der Waals surface area contributed by atoms with E-state index in [0.29, 0.717) is 5.69 Å². The molecule has 0 radical (unpaired) electrons. The Morgan fingerprint density at radius 3 is 2.70 bits per heavy atom. The van der Waals surface area contributed by atoms with Gasteiger partial charge in [-0.1, -0.05) is 0 Å². The lowest BCUT2D eigenvalue weighted by Crippen LogP contribution is -2.32. The van der Waals surface area contributed by atoms with Crippen LogP contribution in [0, 0.1) is 11.5 Å². The molecule has 8 nitrogen and oxygen atoms in total. The Morgan fingerprint density at radius 2 is 2.15 bits per heavy atom. The molecule has 1 rings (SSSR count). The number of hydrazone groups is 1. The minimum absolute atomic E-state index is 0.0377. The number of carbonyl (C=O) groups excluding carboxylic acids is 2. The molecule has 0 aliphatic carbocycles. The van der Waals surface area contributed by atoms with E-state index in [-0.39, 0.29) is 12.4 Å². The number of ether oxygens (including phenoxy) is 1. The molecule has 0 heterocycles. The maximum absolute atomic E-state index is 11.3. The van der Waals surface area contributed by atoms with E-state index in [2.05, 4.69) is 9.84 Å². The summed E-state index contributed by atoms with van der Waals surface area (Å²) >= 11 is 0. The largest absolute Gasteiger partial charge is 0.508 e. The van der Waals surface area contributed by atoms with Crippen molar-refractivity contribution in [2.75, 3.05) is 11.6 Å². The van der Waals surface area contributed by atoms with Crippen molar-refractivity contribution in [1.29, 1.82) is 5.26 Å². The number of nitriles is 1. The van der Waals surface area contributed by atoms with Gasteiger partial charge in [-0.2, -0.15) is 15.4 Å². The molecule has 0 aromatic heterocycles. The van der Waals surface area contributed by atoms with Gasteiger partial charge in [-0.15, -0.1) is 0 Å². The fourth-order valence-electron chi connectivity index (χ4n) is 1.15. The summed E-state index contributed by atoms with van der Waals surface area (Å²) in [6.07, 6.45) is 1.61. The number of alkyl carbamates (subject to hydrolysis) is 1. The van der Waals surface area contributed by atoms with E-state index >= 15 is 0 Å². The molecule has 1 aromatic rings. The zero-order valence-electron chi connectivity index (χ0n) is 10.6. The quantitative estimate of drug-likeness (QED) is 0.366. The zero-order chi connectivity index (χ0) is 15.0. The smallest absolute Gasteiger partial charge is 0.414 e. The molecular formula is C12H12N4O4. The Balaban J connectivity index is 2.67. The molecule has 1 aromatic carbocycles. The number of amides is 2. The van der Waals surface area contributed by atoms with Crippen LogP contribution < -0.4 is 10.3 Å². The van der Waals surface area contributed by atoms with Gasteiger partial charge in [-0.3, -0.25) is 10.1 Å². The number of nitrogens with one attached hydrogen (secondary N) is 1. The fraction of sp³-hybridized carbons (Fsp3) is 0.167. The van der Waals surface area contributed by atoms with Crippen LogP contribution in [0.1, 0.15) is 6.92 Å². The molecule has 2 amide bonds. The van der Waals surface area contributed by atoms with Crippen LogP contribution in [0.3, 0.4) is 0 Å². The average Bonchev–Trinajstić information content (AvgIpc) is 2.41. The van der Waals surface area contributed by atoms with Gasteiger partial charge in [-0.25, -0.2) is 4.79 Å². The number of hydrogen-bond donors (Lipinski definition) is 2. The molecule has 104 valence electrons. The third-order valence-corrected chi connectivity index (χ3v) is 1.98. The summed E-state index contributed by atoms with van der Waals surface area (Å²) in [6, 6.07) is 5.63. The maximum atomic E-state index is 11.3. The van der Waals surface area contributed by atoms with Crippen molar-refractivity contribution < 1.29 is 19.4 Å². The first kappa shape index (κ1) is 15.0. The molecule has 0 atom stereocenters. The highest BCUT2D eigenvalue weighted by molar-refractivity contribution is 6.29. The van der Waals surface area contributed by atoms with Gasteiger partial charge in [0.15, 0.2) is 0 Å². The van der Waals surface area contributed by atoms with Gasteiger partial charge in [0, 0.05) is 0 Å². The predicted molar refractivity (Wildman–Crippen MR) is 69.9 cm³/mol. The number of anilines is 1. The second-order valence-corrected chi connectivity index (χ2v) is 3.38. The number of phenolic OH excluding ortho intramolecular Hbond substituents is 1. The van der Waals surface area contributed by atoms with Crippen molar-refractivity contribution in [3.05, 3.63) is 24.3 Å². The van der Waals surface area contributed by atoms with Gasteiger partial charge in [0.05, 0.1) is 12.3 Å². The van der Waals surface area contributed by atoms with Crippen LogP contribution >= 0.6 is 0 Å². The SMILES string of the molecule is CCOC(=O)NC(=O)C=NN(C#N)c1ccc(O)cc1.